The van der Waals surface area contributed by atoms with Gasteiger partial charge in [-0.25, -0.2) is 0 Å². The van der Waals surface area contributed by atoms with Crippen molar-refractivity contribution in [3.8, 4) is 0 Å². The van der Waals surface area contributed by atoms with Crippen molar-refractivity contribution in [2.24, 2.45) is 0 Å². The Morgan fingerprint density at radius 1 is 1.00 bits per heavy atom. The summed E-state index contributed by atoms with van der Waals surface area (Å²) >= 11 is 0. The molecule has 0 unspecified atom stereocenters. The van der Waals surface area contributed by atoms with Crippen molar-refractivity contribution < 1.29 is 9.90 Å². The van der Waals surface area contributed by atoms with E-state index in [-0.39, 0.29) is 31.4 Å². The number of carboxylic acid groups (broad SMARTS) is 1. The van der Waals surface area contributed by atoms with Gasteiger partial charge in [-0.3, -0.25) is 14.6 Å². The highest BCUT2D eigenvalue weighted by molar-refractivity contribution is 5.85. The average Bonchev–Trinajstić information content (AvgIpc) is 2.32. The summed E-state index contributed by atoms with van der Waals surface area (Å²) in [5.41, 5.74) is 1.32. The number of carbonyl (C=O) groups is 1. The molecule has 19 heavy (non-hydrogen) atoms. The molecule has 0 radical (unpaired) electrons. The van der Waals surface area contributed by atoms with Gasteiger partial charge in [0.15, 0.2) is 0 Å². The van der Waals surface area contributed by atoms with Gasteiger partial charge in [0.25, 0.3) is 0 Å². The number of carboxylic acids is 1. The third-order valence-electron chi connectivity index (χ3n) is 3.07. The Morgan fingerprint density at radius 2 is 1.53 bits per heavy atom. The predicted molar refractivity (Wildman–Crippen MR) is 80.3 cm³/mol. The molecule has 1 aliphatic rings. The Labute approximate surface area is 126 Å². The topological polar surface area (TPSA) is 43.8 Å². The summed E-state index contributed by atoms with van der Waals surface area (Å²) in [6, 6.07) is 10.4. The molecule has 1 aliphatic heterocycles. The van der Waals surface area contributed by atoms with Crippen LogP contribution < -0.4 is 0 Å². The van der Waals surface area contributed by atoms with Gasteiger partial charge in [0, 0.05) is 32.7 Å². The Kier molecular flexibility index (Phi) is 8.76. The first kappa shape index (κ1) is 18.2. The summed E-state index contributed by atoms with van der Waals surface area (Å²) < 4.78 is 0. The van der Waals surface area contributed by atoms with Gasteiger partial charge in [-0.1, -0.05) is 30.3 Å². The second-order valence-electron chi connectivity index (χ2n) is 4.43. The van der Waals surface area contributed by atoms with Crippen LogP contribution in [0.2, 0.25) is 0 Å². The van der Waals surface area contributed by atoms with E-state index < -0.39 is 5.97 Å². The third kappa shape index (κ3) is 6.25. The van der Waals surface area contributed by atoms with Crippen LogP contribution in [0.5, 0.6) is 0 Å². The zero-order valence-corrected chi connectivity index (χ0v) is 12.3. The monoisotopic (exact) mass is 306 g/mol. The van der Waals surface area contributed by atoms with Gasteiger partial charge in [0.2, 0.25) is 0 Å². The van der Waals surface area contributed by atoms with Crippen molar-refractivity contribution in [1.29, 1.82) is 0 Å². The van der Waals surface area contributed by atoms with E-state index in [1.165, 1.54) is 5.56 Å². The minimum Gasteiger partial charge on any atom is -0.480 e. The van der Waals surface area contributed by atoms with Gasteiger partial charge in [-0.15, -0.1) is 24.8 Å². The van der Waals surface area contributed by atoms with E-state index in [1.54, 1.807) is 0 Å². The second kappa shape index (κ2) is 9.15. The minimum absolute atomic E-state index is 0. The van der Waals surface area contributed by atoms with E-state index >= 15 is 0 Å². The third-order valence-corrected chi connectivity index (χ3v) is 3.07. The highest BCUT2D eigenvalue weighted by Crippen LogP contribution is 2.07. The van der Waals surface area contributed by atoms with Crippen LogP contribution in [0.15, 0.2) is 30.3 Å². The first-order chi connectivity index (χ1) is 8.24. The lowest BCUT2D eigenvalue weighted by Gasteiger charge is -2.33. The van der Waals surface area contributed by atoms with Crippen LogP contribution in [0.1, 0.15) is 5.56 Å². The smallest absolute Gasteiger partial charge is 0.317 e. The van der Waals surface area contributed by atoms with Gasteiger partial charge in [0.05, 0.1) is 6.54 Å². The molecule has 1 aromatic carbocycles. The Morgan fingerprint density at radius 3 is 2.05 bits per heavy atom. The maximum Gasteiger partial charge on any atom is 0.317 e. The largest absolute Gasteiger partial charge is 0.480 e. The quantitative estimate of drug-likeness (QED) is 0.920. The number of aliphatic carboxylic acids is 1. The van der Waals surface area contributed by atoms with Gasteiger partial charge in [-0.2, -0.15) is 0 Å². The molecule has 108 valence electrons. The predicted octanol–water partition coefficient (Wildman–Crippen LogP) is 1.73. The molecule has 4 nitrogen and oxygen atoms in total. The lowest BCUT2D eigenvalue weighted by Crippen LogP contribution is -2.47. The SMILES string of the molecule is Cl.Cl.O=C(O)CN1CCN(Cc2ccccc2)CC1. The maximum atomic E-state index is 10.6. The summed E-state index contributed by atoms with van der Waals surface area (Å²) in [4.78, 5) is 14.9. The van der Waals surface area contributed by atoms with Crippen LogP contribution in [0.3, 0.4) is 0 Å². The fraction of sp³-hybridized carbons (Fsp3) is 0.462. The lowest BCUT2D eigenvalue weighted by molar-refractivity contribution is -0.138. The van der Waals surface area contributed by atoms with Gasteiger partial charge < -0.3 is 5.11 Å². The van der Waals surface area contributed by atoms with Crippen molar-refractivity contribution in [3.63, 3.8) is 0 Å². The minimum atomic E-state index is -0.735. The van der Waals surface area contributed by atoms with Gasteiger partial charge in [0.1, 0.15) is 0 Å². The van der Waals surface area contributed by atoms with Gasteiger partial charge in [-0.05, 0) is 5.56 Å². The Balaban J connectivity index is 0.00000162. The molecule has 0 amide bonds. The average molecular weight is 307 g/mol. The van der Waals surface area contributed by atoms with Crippen LogP contribution in [0.4, 0.5) is 0 Å². The molecule has 0 aliphatic carbocycles. The van der Waals surface area contributed by atoms with E-state index in [4.69, 9.17) is 5.11 Å². The standard InChI is InChI=1S/C13H18N2O2.2ClH/c16-13(17)11-15-8-6-14(7-9-15)10-12-4-2-1-3-5-12;;/h1-5H,6-11H2,(H,16,17);2*1H. The van der Waals surface area contributed by atoms with E-state index in [0.29, 0.717) is 0 Å². The first-order valence-corrected chi connectivity index (χ1v) is 5.94. The fourth-order valence-electron chi connectivity index (χ4n) is 2.14. The molecule has 1 saturated heterocycles. The van der Waals surface area contributed by atoms with Crippen molar-refractivity contribution in [1.82, 2.24) is 9.80 Å². The molecular formula is C13H20Cl2N2O2. The summed E-state index contributed by atoms with van der Waals surface area (Å²) in [6.45, 7) is 4.71. The number of halogens is 2. The number of hydrogen-bond donors (Lipinski definition) is 1. The summed E-state index contributed by atoms with van der Waals surface area (Å²) in [5.74, 6) is -0.735. The molecule has 0 aromatic heterocycles. The summed E-state index contributed by atoms with van der Waals surface area (Å²) in [7, 11) is 0. The van der Waals surface area contributed by atoms with E-state index in [0.717, 1.165) is 32.7 Å². The van der Waals surface area contributed by atoms with Crippen molar-refractivity contribution >= 4 is 30.8 Å². The van der Waals surface area contributed by atoms with Crippen LogP contribution >= 0.6 is 24.8 Å². The summed E-state index contributed by atoms with van der Waals surface area (Å²) in [5, 5.41) is 8.71. The van der Waals surface area contributed by atoms with E-state index in [9.17, 15) is 4.79 Å². The molecule has 0 atom stereocenters. The summed E-state index contributed by atoms with van der Waals surface area (Å²) in [6.07, 6.45) is 0. The number of hydrogen-bond acceptors (Lipinski definition) is 3. The molecule has 0 saturated carbocycles. The lowest BCUT2D eigenvalue weighted by atomic mass is 10.2. The molecule has 6 heteroatoms. The van der Waals surface area contributed by atoms with Crippen LogP contribution in [0, 0.1) is 0 Å². The molecular weight excluding hydrogens is 287 g/mol. The van der Waals surface area contributed by atoms with E-state index in [2.05, 4.69) is 29.2 Å². The van der Waals surface area contributed by atoms with Crippen LogP contribution in [-0.2, 0) is 11.3 Å². The zero-order valence-electron chi connectivity index (χ0n) is 10.7. The highest BCUT2D eigenvalue weighted by atomic mass is 35.5. The molecule has 1 aromatic rings. The van der Waals surface area contributed by atoms with Crippen LogP contribution in [-0.4, -0.2) is 53.6 Å². The van der Waals surface area contributed by atoms with E-state index in [1.807, 2.05) is 11.0 Å². The molecule has 1 fully saturated rings. The normalized spacial score (nSPS) is 16.2. The number of benzene rings is 1. The molecule has 0 spiro atoms. The zero-order chi connectivity index (χ0) is 12.1. The second-order valence-corrected chi connectivity index (χ2v) is 4.43. The van der Waals surface area contributed by atoms with Crippen molar-refractivity contribution in [2.45, 2.75) is 6.54 Å². The molecule has 1 N–H and O–H groups in total. The molecule has 2 rings (SSSR count). The van der Waals surface area contributed by atoms with Crippen molar-refractivity contribution in [3.05, 3.63) is 35.9 Å². The highest BCUT2D eigenvalue weighted by Gasteiger charge is 2.18. The molecule has 0 bridgehead atoms. The maximum absolute atomic E-state index is 10.6. The van der Waals surface area contributed by atoms with Crippen molar-refractivity contribution in [2.75, 3.05) is 32.7 Å². The molecule has 1 heterocycles. The number of nitrogens with zero attached hydrogens (tertiary/aromatic N) is 2. The Hall–Kier alpha value is -0.810. The Bertz CT molecular complexity index is 368. The number of piperazine rings is 1. The number of rotatable bonds is 4. The fourth-order valence-corrected chi connectivity index (χ4v) is 2.14. The first-order valence-electron chi connectivity index (χ1n) is 5.94. The van der Waals surface area contributed by atoms with Crippen LogP contribution in [0.25, 0.3) is 0 Å². The van der Waals surface area contributed by atoms with Gasteiger partial charge >= 0.3 is 5.97 Å².